The van der Waals surface area contributed by atoms with E-state index in [1.54, 1.807) is 18.4 Å². The zero-order chi connectivity index (χ0) is 21.6. The fraction of sp³-hybridized carbons (Fsp3) is 0.600. The van der Waals surface area contributed by atoms with E-state index in [1.165, 1.54) is 28.5 Å². The Morgan fingerprint density at radius 1 is 1.03 bits per heavy atom. The molecule has 5 nitrogen and oxygen atoms in total. The van der Waals surface area contributed by atoms with Gasteiger partial charge in [0, 0.05) is 30.8 Å². The average Bonchev–Trinajstić information content (AvgIpc) is 3.46. The maximum atomic E-state index is 12.9. The minimum absolute atomic E-state index is 0.0131. The molecule has 6 heteroatoms. The van der Waals surface area contributed by atoms with Crippen LogP contribution in [0.2, 0.25) is 0 Å². The summed E-state index contributed by atoms with van der Waals surface area (Å²) in [5.74, 6) is 1.47. The predicted octanol–water partition coefficient (Wildman–Crippen LogP) is 4.86. The predicted molar refractivity (Wildman–Crippen MR) is 126 cm³/mol. The van der Waals surface area contributed by atoms with E-state index in [9.17, 15) is 9.59 Å². The molecule has 4 rings (SSSR count). The molecular formula is C25H34N2O3S. The lowest BCUT2D eigenvalue weighted by atomic mass is 9.77. The number of methoxy groups -OCH3 is 1. The molecule has 0 aliphatic heterocycles. The molecule has 0 bridgehead atoms. The number of hydrogen-bond donors (Lipinski definition) is 2. The van der Waals surface area contributed by atoms with Crippen LogP contribution in [0.25, 0.3) is 10.1 Å². The van der Waals surface area contributed by atoms with Crippen molar-refractivity contribution in [1.29, 1.82) is 0 Å². The first-order valence-electron chi connectivity index (χ1n) is 11.7. The highest BCUT2D eigenvalue weighted by molar-refractivity contribution is 7.21. The Labute approximate surface area is 188 Å². The summed E-state index contributed by atoms with van der Waals surface area (Å²) >= 11 is 1.60. The normalized spacial score (nSPS) is 22.0. The van der Waals surface area contributed by atoms with Crippen molar-refractivity contribution in [1.82, 2.24) is 10.6 Å². The molecule has 2 amide bonds. The molecular weight excluding hydrogens is 408 g/mol. The molecule has 0 saturated heterocycles. The van der Waals surface area contributed by atoms with Crippen LogP contribution in [0.5, 0.6) is 0 Å². The van der Waals surface area contributed by atoms with Crippen molar-refractivity contribution >= 4 is 33.2 Å². The molecule has 0 atom stereocenters. The molecule has 2 aliphatic rings. The van der Waals surface area contributed by atoms with E-state index in [0.29, 0.717) is 25.0 Å². The van der Waals surface area contributed by atoms with Gasteiger partial charge in [-0.1, -0.05) is 31.0 Å². The van der Waals surface area contributed by atoms with Crippen LogP contribution in [0.15, 0.2) is 24.3 Å². The van der Waals surface area contributed by atoms with Crippen LogP contribution in [-0.2, 0) is 9.53 Å². The second-order valence-electron chi connectivity index (χ2n) is 9.03. The van der Waals surface area contributed by atoms with Crippen LogP contribution < -0.4 is 10.6 Å². The summed E-state index contributed by atoms with van der Waals surface area (Å²) in [6.45, 7) is 1.84. The zero-order valence-electron chi connectivity index (χ0n) is 18.5. The van der Waals surface area contributed by atoms with Crippen molar-refractivity contribution in [3.63, 3.8) is 0 Å². The van der Waals surface area contributed by atoms with Crippen molar-refractivity contribution in [2.45, 2.75) is 57.3 Å². The first-order chi connectivity index (χ1) is 15.2. The second kappa shape index (κ2) is 10.6. The maximum Gasteiger partial charge on any atom is 0.261 e. The quantitative estimate of drug-likeness (QED) is 0.574. The van der Waals surface area contributed by atoms with E-state index in [2.05, 4.69) is 28.8 Å². The van der Waals surface area contributed by atoms with E-state index >= 15 is 0 Å². The minimum Gasteiger partial charge on any atom is -0.383 e. The van der Waals surface area contributed by atoms with Crippen molar-refractivity contribution in [2.24, 2.45) is 11.8 Å². The first kappa shape index (κ1) is 22.3. The maximum absolute atomic E-state index is 12.9. The third-order valence-electron chi connectivity index (χ3n) is 6.98. The largest absolute Gasteiger partial charge is 0.383 e. The number of fused-ring (bicyclic) bond motifs is 1. The number of carbonyl (C=O) groups is 2. The number of hydrogen-bond acceptors (Lipinski definition) is 4. The van der Waals surface area contributed by atoms with E-state index in [1.807, 2.05) is 6.07 Å². The number of ether oxygens (including phenoxy) is 1. The molecule has 1 aromatic carbocycles. The SMILES string of the molecule is COCCNC(=O)c1sc2ccccc2c1C1CCC(CNC(=O)C2CCCC2)CC1. The molecule has 168 valence electrons. The fourth-order valence-corrected chi connectivity index (χ4v) is 6.42. The number of amides is 2. The van der Waals surface area contributed by atoms with Crippen LogP contribution in [0.3, 0.4) is 0 Å². The molecule has 2 N–H and O–H groups in total. The molecule has 2 fully saturated rings. The Balaban J connectivity index is 1.40. The smallest absolute Gasteiger partial charge is 0.261 e. The van der Waals surface area contributed by atoms with Gasteiger partial charge in [0.05, 0.1) is 11.5 Å². The molecule has 1 aromatic heterocycles. The van der Waals surface area contributed by atoms with Gasteiger partial charge in [0.15, 0.2) is 0 Å². The number of benzene rings is 1. The monoisotopic (exact) mass is 442 g/mol. The molecule has 31 heavy (non-hydrogen) atoms. The van der Waals surface area contributed by atoms with Gasteiger partial charge in [-0.2, -0.15) is 0 Å². The summed E-state index contributed by atoms with van der Waals surface area (Å²) in [5.41, 5.74) is 1.23. The van der Waals surface area contributed by atoms with Gasteiger partial charge in [-0.05, 0) is 67.4 Å². The van der Waals surface area contributed by atoms with Crippen LogP contribution in [0, 0.1) is 11.8 Å². The topological polar surface area (TPSA) is 67.4 Å². The van der Waals surface area contributed by atoms with Crippen molar-refractivity contribution in [2.75, 3.05) is 26.8 Å². The molecule has 0 radical (unpaired) electrons. The fourth-order valence-electron chi connectivity index (χ4n) is 5.22. The van der Waals surface area contributed by atoms with E-state index < -0.39 is 0 Å². The minimum atomic E-state index is 0.0131. The molecule has 2 aromatic rings. The number of nitrogens with one attached hydrogen (secondary N) is 2. The Morgan fingerprint density at radius 2 is 1.77 bits per heavy atom. The summed E-state index contributed by atoms with van der Waals surface area (Å²) in [6.07, 6.45) is 8.84. The molecule has 1 heterocycles. The summed E-state index contributed by atoms with van der Waals surface area (Å²) in [6, 6.07) is 8.37. The van der Waals surface area contributed by atoms with Crippen LogP contribution in [0.1, 0.15) is 72.5 Å². The third-order valence-corrected chi connectivity index (χ3v) is 8.16. The van der Waals surface area contributed by atoms with Gasteiger partial charge < -0.3 is 15.4 Å². The first-order valence-corrected chi connectivity index (χ1v) is 12.5. The summed E-state index contributed by atoms with van der Waals surface area (Å²) in [7, 11) is 1.64. The third kappa shape index (κ3) is 5.29. The van der Waals surface area contributed by atoms with Crippen molar-refractivity contribution < 1.29 is 14.3 Å². The van der Waals surface area contributed by atoms with Gasteiger partial charge in [0.25, 0.3) is 5.91 Å². The summed E-state index contributed by atoms with van der Waals surface area (Å²) in [5, 5.41) is 7.45. The Hall–Kier alpha value is -1.92. The molecule has 0 spiro atoms. The van der Waals surface area contributed by atoms with Gasteiger partial charge in [0.1, 0.15) is 0 Å². The standard InChI is InChI=1S/C25H34N2O3S/c1-30-15-14-26-25(29)23-22(20-8-4-5-9-21(20)31-23)18-12-10-17(11-13-18)16-27-24(28)19-6-2-3-7-19/h4-5,8-9,17-19H,2-3,6-7,10-16H2,1H3,(H,26,29)(H,27,28). The Morgan fingerprint density at radius 3 is 2.52 bits per heavy atom. The Bertz CT molecular complexity index is 895. The Kier molecular flexibility index (Phi) is 7.62. The summed E-state index contributed by atoms with van der Waals surface area (Å²) in [4.78, 5) is 26.1. The number of carbonyl (C=O) groups excluding carboxylic acids is 2. The van der Waals surface area contributed by atoms with Crippen LogP contribution >= 0.6 is 11.3 Å². The number of rotatable bonds is 8. The van der Waals surface area contributed by atoms with Crippen LogP contribution in [-0.4, -0.2) is 38.6 Å². The van der Waals surface area contributed by atoms with Gasteiger partial charge >= 0.3 is 0 Å². The van der Waals surface area contributed by atoms with Gasteiger partial charge in [-0.15, -0.1) is 11.3 Å². The average molecular weight is 443 g/mol. The lowest BCUT2D eigenvalue weighted by Crippen LogP contribution is -2.34. The van der Waals surface area contributed by atoms with E-state index in [-0.39, 0.29) is 17.7 Å². The van der Waals surface area contributed by atoms with Gasteiger partial charge in [0.2, 0.25) is 5.91 Å². The highest BCUT2D eigenvalue weighted by Crippen LogP contribution is 2.43. The van der Waals surface area contributed by atoms with E-state index in [0.717, 1.165) is 49.9 Å². The van der Waals surface area contributed by atoms with Crippen molar-refractivity contribution in [3.8, 4) is 0 Å². The molecule has 2 saturated carbocycles. The lowest BCUT2D eigenvalue weighted by Gasteiger charge is -2.29. The van der Waals surface area contributed by atoms with E-state index in [4.69, 9.17) is 4.74 Å². The highest BCUT2D eigenvalue weighted by atomic mass is 32.1. The van der Waals surface area contributed by atoms with Gasteiger partial charge in [-0.25, -0.2) is 0 Å². The van der Waals surface area contributed by atoms with Crippen LogP contribution in [0.4, 0.5) is 0 Å². The number of thiophene rings is 1. The molecule has 2 aliphatic carbocycles. The second-order valence-corrected chi connectivity index (χ2v) is 10.1. The lowest BCUT2D eigenvalue weighted by molar-refractivity contribution is -0.125. The van der Waals surface area contributed by atoms with Crippen molar-refractivity contribution in [3.05, 3.63) is 34.7 Å². The van der Waals surface area contributed by atoms with Gasteiger partial charge in [-0.3, -0.25) is 9.59 Å². The zero-order valence-corrected chi connectivity index (χ0v) is 19.3. The summed E-state index contributed by atoms with van der Waals surface area (Å²) < 4.78 is 6.26. The highest BCUT2D eigenvalue weighted by Gasteiger charge is 2.30. The molecule has 0 unspecified atom stereocenters.